The lowest BCUT2D eigenvalue weighted by molar-refractivity contribution is -0.274. The smallest absolute Gasteiger partial charge is 0.406 e. The molecule has 0 bridgehead atoms. The Morgan fingerprint density at radius 2 is 2.04 bits per heavy atom. The summed E-state index contributed by atoms with van der Waals surface area (Å²) in [5.74, 6) is -0.580. The van der Waals surface area contributed by atoms with E-state index < -0.39 is 22.1 Å². The fraction of sp³-hybridized carbons (Fsp3) is 0.286. The van der Waals surface area contributed by atoms with E-state index in [0.717, 1.165) is 17.7 Å². The summed E-state index contributed by atoms with van der Waals surface area (Å²) in [5.41, 5.74) is 1.45. The number of fused-ring (bicyclic) bond motifs is 1. The van der Waals surface area contributed by atoms with Gasteiger partial charge in [0.25, 0.3) is 0 Å². The van der Waals surface area contributed by atoms with Crippen LogP contribution in [0.4, 0.5) is 13.2 Å². The fourth-order valence-electron chi connectivity index (χ4n) is 2.41. The highest BCUT2D eigenvalue weighted by molar-refractivity contribution is 7.89. The zero-order valence-corrected chi connectivity index (χ0v) is 13.0. The van der Waals surface area contributed by atoms with Crippen LogP contribution in [0.25, 0.3) is 0 Å². The highest BCUT2D eigenvalue weighted by atomic mass is 32.2. The molecule has 1 aromatic heterocycles. The van der Waals surface area contributed by atoms with E-state index in [1.165, 1.54) is 22.8 Å². The zero-order valence-electron chi connectivity index (χ0n) is 12.2. The first kappa shape index (κ1) is 16.7. The van der Waals surface area contributed by atoms with E-state index >= 15 is 0 Å². The Morgan fingerprint density at radius 3 is 2.79 bits per heavy atom. The summed E-state index contributed by atoms with van der Waals surface area (Å²) in [6.07, 6.45) is -1.49. The monoisotopic (exact) mass is 359 g/mol. The number of sulfonamides is 1. The molecule has 0 spiro atoms. The molecule has 0 saturated carbocycles. The topological polar surface area (TPSA) is 72.4 Å². The number of hydrogen-bond acceptors (Lipinski definition) is 5. The molecule has 10 heteroatoms. The van der Waals surface area contributed by atoms with Crippen LogP contribution in [-0.2, 0) is 23.0 Å². The third-order valence-corrected chi connectivity index (χ3v) is 5.36. The number of nitrogens with zero attached hydrogens (tertiary/aromatic N) is 3. The molecule has 128 valence electrons. The van der Waals surface area contributed by atoms with Crippen molar-refractivity contribution >= 4 is 10.0 Å². The Hall–Kier alpha value is -2.20. The van der Waals surface area contributed by atoms with Gasteiger partial charge in [-0.3, -0.25) is 0 Å². The highest BCUT2D eigenvalue weighted by Crippen LogP contribution is 2.28. The molecule has 2 aromatic rings. The molecule has 2 heterocycles. The number of ether oxygens (including phenoxy) is 1. The third-order valence-electron chi connectivity index (χ3n) is 3.51. The van der Waals surface area contributed by atoms with Crippen LogP contribution in [0.5, 0.6) is 5.75 Å². The zero-order chi connectivity index (χ0) is 17.4. The molecule has 0 atom stereocenters. The summed E-state index contributed by atoms with van der Waals surface area (Å²) in [7, 11) is -3.96. The van der Waals surface area contributed by atoms with Crippen LogP contribution in [0.1, 0.15) is 11.3 Å². The molecule has 0 unspecified atom stereocenters. The van der Waals surface area contributed by atoms with Gasteiger partial charge in [-0.1, -0.05) is 6.07 Å². The molecule has 0 amide bonds. The molecule has 6 nitrogen and oxygen atoms in total. The lowest BCUT2D eigenvalue weighted by atomic mass is 10.1. The molecule has 1 aromatic carbocycles. The van der Waals surface area contributed by atoms with Gasteiger partial charge in [0.2, 0.25) is 10.0 Å². The van der Waals surface area contributed by atoms with Crippen LogP contribution in [0.3, 0.4) is 0 Å². The first-order chi connectivity index (χ1) is 11.3. The summed E-state index contributed by atoms with van der Waals surface area (Å²) >= 11 is 0. The second kappa shape index (κ2) is 6.02. The van der Waals surface area contributed by atoms with Crippen LogP contribution in [-0.4, -0.2) is 35.6 Å². The van der Waals surface area contributed by atoms with E-state index in [0.29, 0.717) is 12.1 Å². The maximum absolute atomic E-state index is 12.7. The lowest BCUT2D eigenvalue weighted by Crippen LogP contribution is -2.36. The van der Waals surface area contributed by atoms with Gasteiger partial charge in [0, 0.05) is 18.8 Å². The van der Waals surface area contributed by atoms with Crippen LogP contribution in [0, 0.1) is 0 Å². The van der Waals surface area contributed by atoms with Crippen LogP contribution in [0.15, 0.2) is 41.7 Å². The molecular formula is C14H12F3N3O3S. The molecule has 0 radical (unpaired) electrons. The molecule has 24 heavy (non-hydrogen) atoms. The summed E-state index contributed by atoms with van der Waals surface area (Å²) in [5, 5.41) is 0. The maximum Gasteiger partial charge on any atom is 0.573 e. The second-order valence-electron chi connectivity index (χ2n) is 5.11. The number of hydrogen-bond donors (Lipinski definition) is 0. The van der Waals surface area contributed by atoms with Crippen molar-refractivity contribution < 1.29 is 26.3 Å². The lowest BCUT2D eigenvalue weighted by Gasteiger charge is -2.27. The molecule has 3 rings (SSSR count). The highest BCUT2D eigenvalue weighted by Gasteiger charge is 2.33. The van der Waals surface area contributed by atoms with Gasteiger partial charge in [-0.05, 0) is 24.1 Å². The Balaban J connectivity index is 1.88. The van der Waals surface area contributed by atoms with Gasteiger partial charge >= 0.3 is 6.36 Å². The van der Waals surface area contributed by atoms with E-state index in [2.05, 4.69) is 14.7 Å². The van der Waals surface area contributed by atoms with Gasteiger partial charge in [-0.15, -0.1) is 13.2 Å². The van der Waals surface area contributed by atoms with Crippen LogP contribution in [0.2, 0.25) is 0 Å². The van der Waals surface area contributed by atoms with Crippen molar-refractivity contribution in [1.29, 1.82) is 0 Å². The van der Waals surface area contributed by atoms with E-state index in [9.17, 15) is 21.6 Å². The minimum Gasteiger partial charge on any atom is -0.406 e. The first-order valence-corrected chi connectivity index (χ1v) is 8.33. The van der Waals surface area contributed by atoms with Crippen LogP contribution < -0.4 is 4.74 Å². The Labute approximate surface area is 136 Å². The Bertz CT molecular complexity index is 856. The minimum atomic E-state index is -4.89. The molecule has 1 aliphatic rings. The SMILES string of the molecule is O=S(=O)(c1cccc(OC(F)(F)F)c1)N1CCc2cncnc2C1. The van der Waals surface area contributed by atoms with Crippen molar-refractivity contribution in [2.24, 2.45) is 0 Å². The minimum absolute atomic E-state index is 0.0462. The summed E-state index contributed by atoms with van der Waals surface area (Å²) in [4.78, 5) is 7.68. The normalized spacial score (nSPS) is 15.8. The maximum atomic E-state index is 12.7. The number of rotatable bonds is 3. The molecule has 0 aliphatic carbocycles. The number of halogens is 3. The Morgan fingerprint density at radius 1 is 1.25 bits per heavy atom. The third kappa shape index (κ3) is 3.49. The van der Waals surface area contributed by atoms with Crippen molar-refractivity contribution in [1.82, 2.24) is 14.3 Å². The largest absolute Gasteiger partial charge is 0.573 e. The van der Waals surface area contributed by atoms with Crippen molar-refractivity contribution in [3.8, 4) is 5.75 Å². The first-order valence-electron chi connectivity index (χ1n) is 6.89. The second-order valence-corrected chi connectivity index (χ2v) is 7.04. The molecule has 1 aliphatic heterocycles. The number of aromatic nitrogens is 2. The van der Waals surface area contributed by atoms with E-state index in [1.54, 1.807) is 6.20 Å². The van der Waals surface area contributed by atoms with E-state index in [1.807, 2.05) is 0 Å². The van der Waals surface area contributed by atoms with Gasteiger partial charge in [0.05, 0.1) is 17.1 Å². The molecule has 0 N–H and O–H groups in total. The number of benzene rings is 1. The van der Waals surface area contributed by atoms with E-state index in [-0.39, 0.29) is 18.0 Å². The van der Waals surface area contributed by atoms with Crippen molar-refractivity contribution in [3.05, 3.63) is 48.0 Å². The predicted molar refractivity (Wildman–Crippen MR) is 76.5 cm³/mol. The van der Waals surface area contributed by atoms with Crippen molar-refractivity contribution in [2.45, 2.75) is 24.2 Å². The molecule has 0 saturated heterocycles. The Kier molecular flexibility index (Phi) is 4.18. The van der Waals surface area contributed by atoms with Gasteiger partial charge in [0.1, 0.15) is 12.1 Å². The summed E-state index contributed by atoms with van der Waals surface area (Å²) in [6, 6.07) is 4.34. The van der Waals surface area contributed by atoms with Crippen molar-refractivity contribution in [3.63, 3.8) is 0 Å². The predicted octanol–water partition coefficient (Wildman–Crippen LogP) is 2.12. The van der Waals surface area contributed by atoms with Crippen molar-refractivity contribution in [2.75, 3.05) is 6.54 Å². The average Bonchev–Trinajstić information content (AvgIpc) is 2.53. The summed E-state index contributed by atoms with van der Waals surface area (Å²) in [6.45, 7) is 0.248. The fourth-order valence-corrected chi connectivity index (χ4v) is 3.85. The molecular weight excluding hydrogens is 347 g/mol. The summed E-state index contributed by atoms with van der Waals surface area (Å²) < 4.78 is 67.2. The number of alkyl halides is 3. The quantitative estimate of drug-likeness (QED) is 0.839. The molecule has 0 fully saturated rings. The van der Waals surface area contributed by atoms with Gasteiger partial charge in [-0.25, -0.2) is 18.4 Å². The van der Waals surface area contributed by atoms with Gasteiger partial charge < -0.3 is 4.74 Å². The van der Waals surface area contributed by atoms with Crippen LogP contribution >= 0.6 is 0 Å². The van der Waals surface area contributed by atoms with Gasteiger partial charge in [0.15, 0.2) is 0 Å². The van der Waals surface area contributed by atoms with E-state index in [4.69, 9.17) is 0 Å². The average molecular weight is 359 g/mol. The van der Waals surface area contributed by atoms with Gasteiger partial charge in [-0.2, -0.15) is 4.31 Å². The standard InChI is InChI=1S/C14H12F3N3O3S/c15-14(16,17)23-11-2-1-3-12(6-11)24(21,22)20-5-4-10-7-18-9-19-13(10)8-20/h1-3,6-7,9H,4-5,8H2.